The number of aromatic carboxylic acids is 1. The maximum atomic E-state index is 13.9. The smallest absolute Gasteiger partial charge is 0.336 e. The molecule has 14 nitrogen and oxygen atoms in total. The first-order valence-corrected chi connectivity index (χ1v) is 14.5. The number of carboxylic acid groups (broad SMARTS) is 3. The van der Waals surface area contributed by atoms with Gasteiger partial charge in [-0.1, -0.05) is 18.2 Å². The van der Waals surface area contributed by atoms with Gasteiger partial charge < -0.3 is 40.9 Å². The SMILES string of the molecule is N=c1ccc2c(-c3ccccc3C(=O)O)c3ccc(N)c(S(=O)(=O)Nc4ccc(N(CC(=O)O)CC(=O)O)c(O)c4)c3oc-2c1. The number of hydrogen-bond acceptors (Lipinski definition) is 10. The van der Waals surface area contributed by atoms with Crippen LogP contribution in [0.3, 0.4) is 0 Å². The molecule has 8 N–H and O–H groups in total. The van der Waals surface area contributed by atoms with Crippen LogP contribution >= 0.6 is 0 Å². The second-order valence-corrected chi connectivity index (χ2v) is 11.5. The summed E-state index contributed by atoms with van der Waals surface area (Å²) in [5, 5.41) is 47.1. The number of phenolic OH excluding ortho intramolecular Hbond substituents is 1. The minimum absolute atomic E-state index is 0.0462. The van der Waals surface area contributed by atoms with E-state index < -0.39 is 51.7 Å². The Morgan fingerprint density at radius 2 is 1.58 bits per heavy atom. The summed E-state index contributed by atoms with van der Waals surface area (Å²) in [6.07, 6.45) is 0. The van der Waals surface area contributed by atoms with Crippen LogP contribution in [0.2, 0.25) is 0 Å². The molecule has 2 aliphatic rings. The van der Waals surface area contributed by atoms with Crippen molar-refractivity contribution < 1.29 is 47.6 Å². The first kappa shape index (κ1) is 30.4. The van der Waals surface area contributed by atoms with E-state index in [4.69, 9.17) is 25.8 Å². The fourth-order valence-corrected chi connectivity index (χ4v) is 6.33. The summed E-state index contributed by atoms with van der Waals surface area (Å²) in [5.41, 5.74) is 6.33. The number of carbonyl (C=O) groups is 3. The van der Waals surface area contributed by atoms with Crippen molar-refractivity contribution in [3.8, 4) is 28.2 Å². The summed E-state index contributed by atoms with van der Waals surface area (Å²) < 4.78 is 36.0. The van der Waals surface area contributed by atoms with Crippen molar-refractivity contribution in [2.75, 3.05) is 28.4 Å². The van der Waals surface area contributed by atoms with Gasteiger partial charge in [0.25, 0.3) is 10.0 Å². The second kappa shape index (κ2) is 11.5. The fraction of sp³-hybridized carbons (Fsp3) is 0.0667. The number of fused-ring (bicyclic) bond motifs is 2. The lowest BCUT2D eigenvalue weighted by Gasteiger charge is -2.22. The van der Waals surface area contributed by atoms with Gasteiger partial charge in [-0.3, -0.25) is 14.3 Å². The molecule has 0 fully saturated rings. The second-order valence-electron chi connectivity index (χ2n) is 9.85. The molecule has 1 aliphatic carbocycles. The number of anilines is 3. The normalized spacial score (nSPS) is 11.4. The lowest BCUT2D eigenvalue weighted by Crippen LogP contribution is -2.34. The highest BCUT2D eigenvalue weighted by molar-refractivity contribution is 7.93. The molecule has 15 heteroatoms. The molecule has 45 heavy (non-hydrogen) atoms. The van der Waals surface area contributed by atoms with Gasteiger partial charge in [0.2, 0.25) is 0 Å². The van der Waals surface area contributed by atoms with Gasteiger partial charge in [0.1, 0.15) is 24.6 Å². The molecule has 0 atom stereocenters. The van der Waals surface area contributed by atoms with E-state index >= 15 is 0 Å². The van der Waals surface area contributed by atoms with Crippen LogP contribution in [0.1, 0.15) is 10.4 Å². The third-order valence-corrected chi connectivity index (χ3v) is 8.25. The van der Waals surface area contributed by atoms with Gasteiger partial charge in [0.05, 0.1) is 28.0 Å². The third kappa shape index (κ3) is 5.92. The zero-order valence-electron chi connectivity index (χ0n) is 23.0. The number of nitrogens with zero attached hydrogens (tertiary/aromatic N) is 1. The predicted molar refractivity (Wildman–Crippen MR) is 162 cm³/mol. The average Bonchev–Trinajstić information content (AvgIpc) is 2.94. The van der Waals surface area contributed by atoms with Crippen molar-refractivity contribution in [1.29, 1.82) is 5.41 Å². The first-order chi connectivity index (χ1) is 21.3. The molecule has 3 aromatic carbocycles. The van der Waals surface area contributed by atoms with E-state index in [0.717, 1.165) is 17.0 Å². The molecular weight excluding hydrogens is 608 g/mol. The number of sulfonamides is 1. The maximum absolute atomic E-state index is 13.9. The summed E-state index contributed by atoms with van der Waals surface area (Å²) >= 11 is 0. The van der Waals surface area contributed by atoms with Gasteiger partial charge in [0, 0.05) is 28.6 Å². The Morgan fingerprint density at radius 3 is 2.22 bits per heavy atom. The number of benzene rings is 4. The molecule has 5 rings (SSSR count). The lowest BCUT2D eigenvalue weighted by molar-refractivity contribution is -0.136. The molecule has 0 aromatic heterocycles. The number of rotatable bonds is 10. The molecule has 230 valence electrons. The van der Waals surface area contributed by atoms with Gasteiger partial charge in [0.15, 0.2) is 10.5 Å². The van der Waals surface area contributed by atoms with E-state index in [9.17, 15) is 33.0 Å². The van der Waals surface area contributed by atoms with Gasteiger partial charge in [-0.2, -0.15) is 0 Å². The molecule has 1 aliphatic heterocycles. The quantitative estimate of drug-likeness (QED) is 0.0864. The van der Waals surface area contributed by atoms with E-state index in [1.54, 1.807) is 24.3 Å². The van der Waals surface area contributed by atoms with Crippen LogP contribution in [0.5, 0.6) is 5.75 Å². The molecule has 0 unspecified atom stereocenters. The highest BCUT2D eigenvalue weighted by Crippen LogP contribution is 2.44. The van der Waals surface area contributed by atoms with Gasteiger partial charge in [-0.15, -0.1) is 0 Å². The first-order valence-electron chi connectivity index (χ1n) is 13.0. The summed E-state index contributed by atoms with van der Waals surface area (Å²) in [4.78, 5) is 35.0. The van der Waals surface area contributed by atoms with Crippen LogP contribution in [0.15, 0.2) is 82.1 Å². The number of nitrogens with one attached hydrogen (secondary N) is 2. The number of phenols is 1. The number of carboxylic acids is 3. The molecule has 0 amide bonds. The molecule has 3 aromatic rings. The van der Waals surface area contributed by atoms with Crippen molar-refractivity contribution in [2.45, 2.75) is 4.90 Å². The predicted octanol–water partition coefficient (Wildman–Crippen LogP) is 3.45. The van der Waals surface area contributed by atoms with Crippen molar-refractivity contribution >= 4 is 56.0 Å². The highest BCUT2D eigenvalue weighted by atomic mass is 32.2. The summed E-state index contributed by atoms with van der Waals surface area (Å²) in [5.74, 6) is -4.44. The third-order valence-electron chi connectivity index (χ3n) is 6.79. The number of aromatic hydroxyl groups is 1. The number of aliphatic carboxylic acids is 2. The van der Waals surface area contributed by atoms with E-state index in [0.29, 0.717) is 11.1 Å². The Kier molecular flexibility index (Phi) is 7.79. The molecular formula is C30H24N4O10S. The number of nitrogens with two attached hydrogens (primary N) is 1. The van der Waals surface area contributed by atoms with Crippen molar-refractivity contribution in [3.05, 3.63) is 83.7 Å². The molecule has 0 saturated carbocycles. The molecule has 0 radical (unpaired) electrons. The maximum Gasteiger partial charge on any atom is 0.336 e. The van der Waals surface area contributed by atoms with Crippen LogP contribution in [-0.2, 0) is 19.6 Å². The Morgan fingerprint density at radius 1 is 0.889 bits per heavy atom. The van der Waals surface area contributed by atoms with Gasteiger partial charge >= 0.3 is 17.9 Å². The van der Waals surface area contributed by atoms with Crippen LogP contribution in [0.25, 0.3) is 33.4 Å². The van der Waals surface area contributed by atoms with Gasteiger partial charge in [-0.05, 0) is 48.0 Å². The minimum Gasteiger partial charge on any atom is -0.506 e. The van der Waals surface area contributed by atoms with E-state index in [1.807, 2.05) is 0 Å². The number of hydrogen-bond donors (Lipinski definition) is 7. The minimum atomic E-state index is -4.61. The largest absolute Gasteiger partial charge is 0.506 e. The summed E-state index contributed by atoms with van der Waals surface area (Å²) in [6, 6.07) is 16.7. The van der Waals surface area contributed by atoms with Crippen LogP contribution in [-0.4, -0.2) is 59.8 Å². The Bertz CT molecular complexity index is 2140. The van der Waals surface area contributed by atoms with Crippen LogP contribution in [0, 0.1) is 5.41 Å². The van der Waals surface area contributed by atoms with Gasteiger partial charge in [-0.25, -0.2) is 13.2 Å². The fourth-order valence-electron chi connectivity index (χ4n) is 5.01. The average molecular weight is 633 g/mol. The zero-order chi connectivity index (χ0) is 32.6. The Labute approximate surface area is 254 Å². The van der Waals surface area contributed by atoms with Crippen molar-refractivity contribution in [3.63, 3.8) is 0 Å². The summed E-state index contributed by atoms with van der Waals surface area (Å²) in [6.45, 7) is -1.50. The molecule has 1 heterocycles. The Hall–Kier alpha value is -6.09. The van der Waals surface area contributed by atoms with E-state index in [-0.39, 0.29) is 50.3 Å². The zero-order valence-corrected chi connectivity index (χ0v) is 23.8. The van der Waals surface area contributed by atoms with E-state index in [1.165, 1.54) is 36.4 Å². The van der Waals surface area contributed by atoms with Crippen LogP contribution < -0.4 is 20.7 Å². The highest BCUT2D eigenvalue weighted by Gasteiger charge is 2.29. The van der Waals surface area contributed by atoms with E-state index in [2.05, 4.69) is 4.72 Å². The van der Waals surface area contributed by atoms with Crippen molar-refractivity contribution in [1.82, 2.24) is 0 Å². The summed E-state index contributed by atoms with van der Waals surface area (Å²) in [7, 11) is -4.61. The number of nitrogen functional groups attached to an aromatic ring is 1. The Balaban J connectivity index is 1.69. The standard InChI is InChI=1S/C30H24N4O10S/c31-15-5-7-19-24(11-15)44-28-20(27(19)17-3-1-2-4-18(17)30(40)41)8-9-21(32)29(28)45(42,43)33-16-6-10-22(23(35)12-16)34(13-25(36)37)14-26(38)39/h1-12,31,33,35H,13-14,32H2,(H,36,37)(H,38,39)(H,40,41). The lowest BCUT2D eigenvalue weighted by atomic mass is 9.90. The van der Waals surface area contributed by atoms with Crippen molar-refractivity contribution in [2.24, 2.45) is 0 Å². The monoisotopic (exact) mass is 632 g/mol. The molecule has 0 saturated heterocycles. The molecule has 0 bridgehead atoms. The van der Waals surface area contributed by atoms with Crippen LogP contribution in [0.4, 0.5) is 17.1 Å². The topological polar surface area (TPSA) is 245 Å². The molecule has 0 spiro atoms.